The number of H-pyrrole nitrogens is 2. The van der Waals surface area contributed by atoms with Crippen molar-refractivity contribution in [1.29, 1.82) is 0 Å². The minimum atomic E-state index is -0.0561. The summed E-state index contributed by atoms with van der Waals surface area (Å²) in [5, 5.41) is 0.657. The van der Waals surface area contributed by atoms with Crippen molar-refractivity contribution in [3.63, 3.8) is 0 Å². The fraction of sp³-hybridized carbons (Fsp3) is 0.455. The molecule has 0 saturated carbocycles. The molecular weight excluding hydrogens is 262 g/mol. The lowest BCUT2D eigenvalue weighted by atomic mass is 9.89. The van der Waals surface area contributed by atoms with Crippen LogP contribution in [-0.2, 0) is 5.28 Å². The molecule has 1 aromatic rings. The predicted octanol–water partition coefficient (Wildman–Crippen LogP) is 1.42. The lowest BCUT2D eigenvalue weighted by Crippen LogP contribution is -2.21. The molecular formula is C11H12Al2N2OS. The molecule has 1 unspecified atom stereocenters. The van der Waals surface area contributed by atoms with Crippen molar-refractivity contribution in [1.82, 2.24) is 9.97 Å². The Morgan fingerprint density at radius 1 is 1.47 bits per heavy atom. The van der Waals surface area contributed by atoms with Crippen LogP contribution in [0.3, 0.4) is 0 Å². The minimum absolute atomic E-state index is 0.0561. The highest BCUT2D eigenvalue weighted by Gasteiger charge is 2.18. The van der Waals surface area contributed by atoms with Gasteiger partial charge in [0.25, 0.3) is 5.56 Å². The van der Waals surface area contributed by atoms with Crippen molar-refractivity contribution in [2.45, 2.75) is 30.5 Å². The van der Waals surface area contributed by atoms with Crippen molar-refractivity contribution in [2.24, 2.45) is 0 Å². The fourth-order valence-electron chi connectivity index (χ4n) is 2.20. The first-order valence-corrected chi connectivity index (χ1v) is 7.42. The summed E-state index contributed by atoms with van der Waals surface area (Å²) in [6.07, 6.45) is 5.34. The van der Waals surface area contributed by atoms with Gasteiger partial charge in [0.15, 0.2) is 21.1 Å². The van der Waals surface area contributed by atoms with Crippen LogP contribution >= 0.6 is 12.2 Å². The topological polar surface area (TPSA) is 48.6 Å². The van der Waals surface area contributed by atoms with Gasteiger partial charge in [0.1, 0.15) is 16.3 Å². The molecule has 17 heavy (non-hydrogen) atoms. The monoisotopic (exact) mass is 274 g/mol. The number of allylic oxidation sites excluding steroid dienone is 2. The van der Waals surface area contributed by atoms with Crippen LogP contribution in [0.15, 0.2) is 15.3 Å². The quantitative estimate of drug-likeness (QED) is 0.633. The molecule has 0 saturated heterocycles. The third kappa shape index (κ3) is 3.02. The van der Waals surface area contributed by atoms with E-state index in [0.29, 0.717) is 16.0 Å². The Balaban J connectivity index is 2.45. The van der Waals surface area contributed by atoms with Crippen LogP contribution in [0.25, 0.3) is 0 Å². The highest BCUT2D eigenvalue weighted by molar-refractivity contribution is 7.71. The molecule has 0 bridgehead atoms. The first kappa shape index (κ1) is 13.3. The van der Waals surface area contributed by atoms with Gasteiger partial charge in [-0.1, -0.05) is 5.28 Å². The van der Waals surface area contributed by atoms with E-state index in [2.05, 4.69) is 48.6 Å². The van der Waals surface area contributed by atoms with E-state index in [-0.39, 0.29) is 5.56 Å². The highest BCUT2D eigenvalue weighted by Crippen LogP contribution is 2.30. The van der Waals surface area contributed by atoms with Crippen molar-refractivity contribution < 1.29 is 0 Å². The molecule has 1 atom stereocenters. The molecule has 0 spiro atoms. The summed E-state index contributed by atoms with van der Waals surface area (Å²) >= 11 is 10.4. The molecule has 1 heterocycles. The van der Waals surface area contributed by atoms with Crippen LogP contribution in [0.5, 0.6) is 0 Å². The molecule has 2 rings (SSSR count). The zero-order valence-corrected chi connectivity index (χ0v) is 12.6. The lowest BCUT2D eigenvalue weighted by Gasteiger charge is -2.23. The molecule has 3 nitrogen and oxygen atoms in total. The molecule has 1 aromatic heterocycles. The van der Waals surface area contributed by atoms with E-state index in [9.17, 15) is 4.79 Å². The van der Waals surface area contributed by atoms with Gasteiger partial charge in [-0.15, -0.1) is 6.08 Å². The van der Waals surface area contributed by atoms with Gasteiger partial charge in [-0.3, -0.25) is 9.78 Å². The molecule has 84 valence electrons. The molecule has 0 fully saturated rings. The number of rotatable bonds is 2. The smallest absolute Gasteiger partial charge is 0.253 e. The number of hydrogen-bond donors (Lipinski definition) is 2. The van der Waals surface area contributed by atoms with Gasteiger partial charge in [-0.05, 0) is 31.5 Å². The summed E-state index contributed by atoms with van der Waals surface area (Å²) in [5.41, 5.74) is 1.77. The summed E-state index contributed by atoms with van der Waals surface area (Å²) in [4.78, 5) is 17.6. The lowest BCUT2D eigenvalue weighted by molar-refractivity contribution is 0.587. The third-order valence-electron chi connectivity index (χ3n) is 3.13. The van der Waals surface area contributed by atoms with Crippen molar-refractivity contribution >= 4 is 44.8 Å². The van der Waals surface area contributed by atoms with Gasteiger partial charge in [0.05, 0.1) is 0 Å². The molecule has 4 radical (unpaired) electrons. The number of hydrogen-bond acceptors (Lipinski definition) is 2. The second kappa shape index (κ2) is 5.70. The Kier molecular flexibility index (Phi) is 4.47. The Bertz CT molecular complexity index is 561. The number of nitrogens with one attached hydrogen (secondary N) is 2. The molecule has 1 aliphatic carbocycles. The number of aromatic amines is 2. The maximum absolute atomic E-state index is 11.8. The van der Waals surface area contributed by atoms with E-state index >= 15 is 0 Å². The van der Waals surface area contributed by atoms with E-state index in [0.717, 1.165) is 30.5 Å². The van der Waals surface area contributed by atoms with E-state index in [4.69, 9.17) is 12.2 Å². The zero-order valence-electron chi connectivity index (χ0n) is 9.45. The van der Waals surface area contributed by atoms with Crippen LogP contribution in [0.4, 0.5) is 0 Å². The van der Waals surface area contributed by atoms with Gasteiger partial charge < -0.3 is 4.98 Å². The van der Waals surface area contributed by atoms with Gasteiger partial charge >= 0.3 is 0 Å². The Labute approximate surface area is 122 Å². The van der Waals surface area contributed by atoms with Crippen LogP contribution in [0.1, 0.15) is 36.4 Å². The summed E-state index contributed by atoms with van der Waals surface area (Å²) in [7, 11) is 0. The van der Waals surface area contributed by atoms with E-state index in [1.807, 2.05) is 0 Å². The molecule has 2 N–H and O–H groups in total. The van der Waals surface area contributed by atoms with Crippen molar-refractivity contribution in [3.8, 4) is 0 Å². The average Bonchev–Trinajstić information content (AvgIpc) is 2.29. The van der Waals surface area contributed by atoms with Crippen LogP contribution in [-0.4, -0.2) is 42.5 Å². The van der Waals surface area contributed by atoms with Crippen molar-refractivity contribution in [2.75, 3.05) is 0 Å². The van der Waals surface area contributed by atoms with E-state index in [1.165, 1.54) is 4.44 Å². The van der Waals surface area contributed by atoms with Crippen LogP contribution in [0.2, 0.25) is 0 Å². The summed E-state index contributed by atoms with van der Waals surface area (Å²) in [6, 6.07) is 0. The maximum Gasteiger partial charge on any atom is 0.253 e. The average molecular weight is 274 g/mol. The molecule has 0 aliphatic heterocycles. The Morgan fingerprint density at radius 3 is 2.82 bits per heavy atom. The SMILES string of the molecule is O=c1[nH]c(=S)[nH]c(C2CC=[C]([Al])CC2)c1[CH2][Al]. The third-order valence-corrected chi connectivity index (χ3v) is 4.27. The maximum atomic E-state index is 11.8. The first-order valence-electron chi connectivity index (χ1n) is 5.61. The summed E-state index contributed by atoms with van der Waals surface area (Å²) in [5.74, 6) is 0.388. The normalized spacial score (nSPS) is 20.0. The van der Waals surface area contributed by atoms with Crippen LogP contribution < -0.4 is 5.56 Å². The molecule has 1 aliphatic rings. The standard InChI is InChI=1S/C11H12N2OS.2Al/c1-7-9(8-5-3-2-4-6-8)12-11(15)13-10(7)14;;/h3,8H,1,4-6H2,(H2,12,13,14,15);;. The Morgan fingerprint density at radius 2 is 2.24 bits per heavy atom. The van der Waals surface area contributed by atoms with E-state index < -0.39 is 0 Å². The molecule has 0 aromatic carbocycles. The summed E-state index contributed by atoms with van der Waals surface area (Å²) in [6.45, 7) is 0. The number of aromatic nitrogens is 2. The summed E-state index contributed by atoms with van der Waals surface area (Å²) < 4.78 is 1.78. The van der Waals surface area contributed by atoms with Crippen LogP contribution in [0, 0.1) is 4.77 Å². The first-order chi connectivity index (χ1) is 8.11. The van der Waals surface area contributed by atoms with Gasteiger partial charge in [0.2, 0.25) is 0 Å². The largest absolute Gasteiger partial charge is 0.335 e. The second-order valence-electron chi connectivity index (χ2n) is 4.25. The van der Waals surface area contributed by atoms with Crippen molar-refractivity contribution in [3.05, 3.63) is 36.9 Å². The molecule has 0 amide bonds. The van der Waals surface area contributed by atoms with Gasteiger partial charge in [0, 0.05) is 17.2 Å². The van der Waals surface area contributed by atoms with Gasteiger partial charge in [-0.25, -0.2) is 0 Å². The van der Waals surface area contributed by atoms with E-state index in [1.54, 1.807) is 0 Å². The second-order valence-corrected chi connectivity index (χ2v) is 5.81. The highest BCUT2D eigenvalue weighted by atomic mass is 32.1. The zero-order chi connectivity index (χ0) is 12.4. The minimum Gasteiger partial charge on any atom is -0.335 e. The van der Waals surface area contributed by atoms with Gasteiger partial charge in [-0.2, -0.15) is 4.44 Å². The predicted molar refractivity (Wildman–Crippen MR) is 72.1 cm³/mol. The Hall–Kier alpha value is -0.0951. The molecule has 6 heteroatoms. The fourth-order valence-corrected chi connectivity index (χ4v) is 3.11.